The van der Waals surface area contributed by atoms with Gasteiger partial charge >= 0.3 is 5.97 Å². The number of benzene rings is 2. The fourth-order valence-corrected chi connectivity index (χ4v) is 3.81. The van der Waals surface area contributed by atoms with E-state index in [0.717, 1.165) is 14.9 Å². The van der Waals surface area contributed by atoms with Crippen LogP contribution in [0.5, 0.6) is 0 Å². The number of carbonyl (C=O) groups is 2. The van der Waals surface area contributed by atoms with E-state index in [1.54, 1.807) is 25.4 Å². The molecule has 1 heterocycles. The van der Waals surface area contributed by atoms with E-state index in [4.69, 9.17) is 4.74 Å². The van der Waals surface area contributed by atoms with Crippen LogP contribution >= 0.6 is 27.7 Å². The second-order valence-electron chi connectivity index (χ2n) is 6.19. The zero-order chi connectivity index (χ0) is 20.6. The molecule has 5 nitrogen and oxygen atoms in total. The summed E-state index contributed by atoms with van der Waals surface area (Å²) >= 11 is 4.84. The van der Waals surface area contributed by atoms with Gasteiger partial charge < -0.3 is 9.64 Å². The maximum Gasteiger partial charge on any atom is 0.341 e. The molecular weight excluding hydrogens is 452 g/mol. The molecule has 0 unspecified atom stereocenters. The first-order valence-electron chi connectivity index (χ1n) is 8.87. The van der Waals surface area contributed by atoms with Crippen molar-refractivity contribution in [1.82, 2.24) is 9.88 Å². The van der Waals surface area contributed by atoms with Crippen molar-refractivity contribution in [2.75, 3.05) is 13.7 Å². The molecule has 0 aliphatic heterocycles. The maximum absolute atomic E-state index is 12.5. The van der Waals surface area contributed by atoms with Crippen molar-refractivity contribution in [3.05, 3.63) is 88.5 Å². The molecule has 7 heteroatoms. The lowest BCUT2D eigenvalue weighted by Gasteiger charge is -2.18. The average Bonchev–Trinajstić information content (AvgIpc) is 2.74. The molecule has 0 saturated heterocycles. The van der Waals surface area contributed by atoms with Crippen molar-refractivity contribution in [2.45, 2.75) is 16.5 Å². The lowest BCUT2D eigenvalue weighted by atomic mass is 10.2. The minimum absolute atomic E-state index is 0.282. The van der Waals surface area contributed by atoms with E-state index in [2.05, 4.69) is 20.9 Å². The zero-order valence-electron chi connectivity index (χ0n) is 15.7. The highest BCUT2D eigenvalue weighted by Crippen LogP contribution is 2.28. The molecule has 0 aliphatic rings. The molecule has 3 aromatic rings. The molecule has 0 aliphatic carbocycles. The molecule has 1 amide bonds. The Morgan fingerprint density at radius 3 is 2.52 bits per heavy atom. The molecule has 0 spiro atoms. The van der Waals surface area contributed by atoms with E-state index in [1.165, 1.54) is 16.7 Å². The quantitative estimate of drug-likeness (QED) is 0.463. The minimum Gasteiger partial charge on any atom is -0.452 e. The highest BCUT2D eigenvalue weighted by atomic mass is 79.9. The van der Waals surface area contributed by atoms with Crippen molar-refractivity contribution in [3.8, 4) is 0 Å². The fraction of sp³-hybridized carbons (Fsp3) is 0.136. The molecule has 0 saturated carbocycles. The summed E-state index contributed by atoms with van der Waals surface area (Å²) < 4.78 is 6.19. The Morgan fingerprint density at radius 2 is 1.76 bits per heavy atom. The SMILES string of the molecule is CN(Cc1ccccc1Br)C(=O)COC(=O)c1cccnc1Sc1ccccc1. The van der Waals surface area contributed by atoms with Crippen molar-refractivity contribution < 1.29 is 14.3 Å². The minimum atomic E-state index is -0.570. The van der Waals surface area contributed by atoms with E-state index in [0.29, 0.717) is 17.1 Å². The Morgan fingerprint density at radius 1 is 1.03 bits per heavy atom. The van der Waals surface area contributed by atoms with E-state index < -0.39 is 5.97 Å². The second kappa shape index (κ2) is 10.2. The lowest BCUT2D eigenvalue weighted by Crippen LogP contribution is -2.31. The van der Waals surface area contributed by atoms with Crippen LogP contribution in [0.2, 0.25) is 0 Å². The van der Waals surface area contributed by atoms with Crippen LogP contribution in [-0.4, -0.2) is 35.4 Å². The predicted molar refractivity (Wildman–Crippen MR) is 116 cm³/mol. The summed E-state index contributed by atoms with van der Waals surface area (Å²) in [7, 11) is 1.68. The van der Waals surface area contributed by atoms with Gasteiger partial charge in [-0.05, 0) is 35.9 Å². The van der Waals surface area contributed by atoms with Gasteiger partial charge in [0.1, 0.15) is 5.03 Å². The number of nitrogens with zero attached hydrogens (tertiary/aromatic N) is 2. The number of hydrogen-bond donors (Lipinski definition) is 0. The Balaban J connectivity index is 1.60. The van der Waals surface area contributed by atoms with Gasteiger partial charge in [-0.1, -0.05) is 64.1 Å². The molecule has 0 N–H and O–H groups in total. The number of amides is 1. The number of hydrogen-bond acceptors (Lipinski definition) is 5. The maximum atomic E-state index is 12.5. The molecule has 29 heavy (non-hydrogen) atoms. The summed E-state index contributed by atoms with van der Waals surface area (Å²) in [4.78, 5) is 31.7. The molecule has 3 rings (SSSR count). The third-order valence-corrected chi connectivity index (χ3v) is 5.87. The Labute approximate surface area is 182 Å². The summed E-state index contributed by atoms with van der Waals surface area (Å²) in [6, 6.07) is 20.6. The third kappa shape index (κ3) is 5.92. The first-order valence-corrected chi connectivity index (χ1v) is 10.5. The smallest absolute Gasteiger partial charge is 0.341 e. The van der Waals surface area contributed by atoms with Crippen LogP contribution < -0.4 is 0 Å². The van der Waals surface area contributed by atoms with Crippen LogP contribution in [0.1, 0.15) is 15.9 Å². The number of pyridine rings is 1. The van der Waals surface area contributed by atoms with Gasteiger partial charge in [-0.25, -0.2) is 9.78 Å². The molecule has 0 fully saturated rings. The van der Waals surface area contributed by atoms with Gasteiger partial charge in [0.25, 0.3) is 5.91 Å². The molecule has 0 bridgehead atoms. The van der Waals surface area contributed by atoms with Crippen LogP contribution in [0.25, 0.3) is 0 Å². The topological polar surface area (TPSA) is 59.5 Å². The van der Waals surface area contributed by atoms with Crippen molar-refractivity contribution in [2.24, 2.45) is 0 Å². The number of aromatic nitrogens is 1. The highest BCUT2D eigenvalue weighted by molar-refractivity contribution is 9.10. The van der Waals surface area contributed by atoms with Crippen LogP contribution in [0.3, 0.4) is 0 Å². The van der Waals surface area contributed by atoms with E-state index in [-0.39, 0.29) is 12.5 Å². The van der Waals surface area contributed by atoms with Crippen molar-refractivity contribution >= 4 is 39.6 Å². The van der Waals surface area contributed by atoms with E-state index in [1.807, 2.05) is 54.6 Å². The number of esters is 1. The first kappa shape index (κ1) is 21.1. The van der Waals surface area contributed by atoms with Gasteiger partial charge in [-0.3, -0.25) is 4.79 Å². The summed E-state index contributed by atoms with van der Waals surface area (Å²) in [5.41, 5.74) is 1.31. The number of likely N-dealkylation sites (N-methyl/N-ethyl adjacent to an activating group) is 1. The largest absolute Gasteiger partial charge is 0.452 e. The lowest BCUT2D eigenvalue weighted by molar-refractivity contribution is -0.133. The Bertz CT molecular complexity index is 998. The highest BCUT2D eigenvalue weighted by Gasteiger charge is 2.18. The zero-order valence-corrected chi connectivity index (χ0v) is 18.2. The summed E-state index contributed by atoms with van der Waals surface area (Å²) in [6.07, 6.45) is 1.62. The second-order valence-corrected chi connectivity index (χ2v) is 8.11. The van der Waals surface area contributed by atoms with Gasteiger partial charge in [0.2, 0.25) is 0 Å². The van der Waals surface area contributed by atoms with Crippen molar-refractivity contribution in [1.29, 1.82) is 0 Å². The van der Waals surface area contributed by atoms with Gasteiger partial charge in [-0.2, -0.15) is 0 Å². The Hall–Kier alpha value is -2.64. The predicted octanol–water partition coefficient (Wildman–Crippen LogP) is 4.81. The van der Waals surface area contributed by atoms with E-state index >= 15 is 0 Å². The molecule has 1 aromatic heterocycles. The van der Waals surface area contributed by atoms with E-state index in [9.17, 15) is 9.59 Å². The number of carbonyl (C=O) groups excluding carboxylic acids is 2. The molecule has 0 atom stereocenters. The van der Waals surface area contributed by atoms with Crippen LogP contribution in [0.15, 0.2) is 87.3 Å². The molecule has 2 aromatic carbocycles. The van der Waals surface area contributed by atoms with Gasteiger partial charge in [-0.15, -0.1) is 0 Å². The van der Waals surface area contributed by atoms with Crippen LogP contribution in [0, 0.1) is 0 Å². The molecule has 148 valence electrons. The first-order chi connectivity index (χ1) is 14.0. The van der Waals surface area contributed by atoms with Crippen molar-refractivity contribution in [3.63, 3.8) is 0 Å². The number of halogens is 1. The third-order valence-electron chi connectivity index (χ3n) is 4.07. The normalized spacial score (nSPS) is 10.4. The average molecular weight is 471 g/mol. The summed E-state index contributed by atoms with van der Waals surface area (Å²) in [5, 5.41) is 0.540. The summed E-state index contributed by atoms with van der Waals surface area (Å²) in [6.45, 7) is 0.0872. The van der Waals surface area contributed by atoms with Gasteiger partial charge in [0.15, 0.2) is 6.61 Å². The Kier molecular flexibility index (Phi) is 7.43. The van der Waals surface area contributed by atoms with Gasteiger partial charge in [0.05, 0.1) is 5.56 Å². The standard InChI is InChI=1S/C22H19BrN2O3S/c1-25(14-16-8-5-6-12-19(16)23)20(26)15-28-22(27)18-11-7-13-24-21(18)29-17-9-3-2-4-10-17/h2-13H,14-15H2,1H3. The monoisotopic (exact) mass is 470 g/mol. The molecular formula is C22H19BrN2O3S. The summed E-state index contributed by atoms with van der Waals surface area (Å²) in [5.74, 6) is -0.852. The van der Waals surface area contributed by atoms with Crippen LogP contribution in [-0.2, 0) is 16.1 Å². The van der Waals surface area contributed by atoms with Gasteiger partial charge in [0, 0.05) is 29.2 Å². The van der Waals surface area contributed by atoms with Crippen LogP contribution in [0.4, 0.5) is 0 Å². The molecule has 0 radical (unpaired) electrons. The number of ether oxygens (including phenoxy) is 1. The number of rotatable bonds is 7. The fourth-order valence-electron chi connectivity index (χ4n) is 2.51.